The van der Waals surface area contributed by atoms with Crippen LogP contribution in [0.3, 0.4) is 0 Å². The maximum Gasteiger partial charge on any atom is 0.410 e. The van der Waals surface area contributed by atoms with Crippen LogP contribution >= 0.6 is 0 Å². The molecule has 2 aromatic rings. The zero-order valence-corrected chi connectivity index (χ0v) is 32.3. The molecule has 3 heterocycles. The molecule has 2 aliphatic heterocycles. The van der Waals surface area contributed by atoms with Crippen molar-refractivity contribution in [1.82, 2.24) is 30.1 Å². The van der Waals surface area contributed by atoms with E-state index in [1.807, 2.05) is 26.8 Å². The van der Waals surface area contributed by atoms with Crippen molar-refractivity contribution in [1.29, 1.82) is 0 Å². The number of nitrogens with zero attached hydrogens (tertiary/aromatic N) is 3. The molecule has 296 valence electrons. The Kier molecular flexibility index (Phi) is 11.6. The number of carbonyl (C=O) groups is 5. The van der Waals surface area contributed by atoms with E-state index in [1.54, 1.807) is 18.3 Å². The predicted octanol–water partition coefficient (Wildman–Crippen LogP) is 3.79. The summed E-state index contributed by atoms with van der Waals surface area (Å²) in [5, 5.41) is 5.55. The molecule has 16 heteroatoms. The quantitative estimate of drug-likeness (QED) is 0.283. The third-order valence-corrected chi connectivity index (χ3v) is 12.0. The van der Waals surface area contributed by atoms with Crippen LogP contribution in [0.25, 0.3) is 0 Å². The highest BCUT2D eigenvalue weighted by Crippen LogP contribution is 2.45. The summed E-state index contributed by atoms with van der Waals surface area (Å²) >= 11 is 0. The van der Waals surface area contributed by atoms with E-state index in [9.17, 15) is 32.4 Å². The number of likely N-dealkylation sites (tertiary alicyclic amines) is 1. The molecule has 2 aliphatic carbocycles. The summed E-state index contributed by atoms with van der Waals surface area (Å²) in [5.74, 6) is -3.06. The lowest BCUT2D eigenvalue weighted by Crippen LogP contribution is -2.59. The number of fused-ring (bicyclic) bond motifs is 1. The molecule has 1 aromatic heterocycles. The highest BCUT2D eigenvalue weighted by atomic mass is 32.2. The van der Waals surface area contributed by atoms with Crippen molar-refractivity contribution in [3.8, 4) is 0 Å². The topological polar surface area (TPSA) is 193 Å². The highest BCUT2D eigenvalue weighted by Gasteiger charge is 2.61. The summed E-state index contributed by atoms with van der Waals surface area (Å²) in [5.41, 5.74) is -0.341. The second kappa shape index (κ2) is 16.0. The summed E-state index contributed by atoms with van der Waals surface area (Å²) in [4.78, 5) is 76.3. The number of alkyl carbamates (subject to hydrolysis) is 1. The number of amides is 5. The van der Waals surface area contributed by atoms with Crippen molar-refractivity contribution >= 4 is 39.9 Å². The van der Waals surface area contributed by atoms with E-state index in [1.165, 1.54) is 40.1 Å². The lowest BCUT2D eigenvalue weighted by atomic mass is 9.83. The van der Waals surface area contributed by atoms with Crippen molar-refractivity contribution in [3.63, 3.8) is 0 Å². The van der Waals surface area contributed by atoms with Gasteiger partial charge < -0.3 is 25.0 Å². The fourth-order valence-electron chi connectivity index (χ4n) is 7.61. The Bertz CT molecular complexity index is 1890. The fraction of sp³-hybridized carbons (Fsp3) is 0.538. The first-order valence-electron chi connectivity index (χ1n) is 18.8. The summed E-state index contributed by atoms with van der Waals surface area (Å²) in [6, 6.07) is 8.76. The molecule has 55 heavy (non-hydrogen) atoms. The number of ether oxygens (including phenoxy) is 2. The van der Waals surface area contributed by atoms with Crippen molar-refractivity contribution in [2.24, 2.45) is 17.3 Å². The van der Waals surface area contributed by atoms with Crippen molar-refractivity contribution in [2.75, 3.05) is 13.2 Å². The van der Waals surface area contributed by atoms with Crippen LogP contribution in [-0.4, -0.2) is 90.0 Å². The highest BCUT2D eigenvalue weighted by molar-refractivity contribution is 7.90. The molecule has 2 saturated carbocycles. The molecule has 1 aromatic carbocycles. The first kappa shape index (κ1) is 39.7. The number of nitrogens with one attached hydrogen (secondary N) is 3. The van der Waals surface area contributed by atoms with E-state index >= 15 is 0 Å². The molecule has 1 unspecified atom stereocenters. The summed E-state index contributed by atoms with van der Waals surface area (Å²) in [6.45, 7) is 10.00. The van der Waals surface area contributed by atoms with Crippen LogP contribution in [0, 0.1) is 17.3 Å². The average molecular weight is 779 g/mol. The van der Waals surface area contributed by atoms with E-state index < -0.39 is 69.6 Å². The Morgan fingerprint density at radius 3 is 2.42 bits per heavy atom. The van der Waals surface area contributed by atoms with E-state index in [4.69, 9.17) is 9.47 Å². The van der Waals surface area contributed by atoms with Crippen LogP contribution in [0.4, 0.5) is 9.59 Å². The molecular formula is C39H50N6O9S. The lowest BCUT2D eigenvalue weighted by Gasteiger charge is -2.34. The fourth-order valence-corrected chi connectivity index (χ4v) is 8.67. The van der Waals surface area contributed by atoms with E-state index in [0.29, 0.717) is 12.8 Å². The first-order valence-corrected chi connectivity index (χ1v) is 20.3. The SMILES string of the molecule is C=C[C@@H]1C[C@]1(NC(=O)[C@@H]1CC(OC(=O)N2Cc3cccnc3C2)CN1C(=O)[C@@H](NC(=O)OCC(C)(C)C)C1CCCCC1)C(=O)NS(=O)(=O)c1ccccc1. The third kappa shape index (κ3) is 9.11. The van der Waals surface area contributed by atoms with Crippen LogP contribution in [-0.2, 0) is 47.0 Å². The number of rotatable bonds is 11. The summed E-state index contributed by atoms with van der Waals surface area (Å²) < 4.78 is 39.7. The zero-order valence-electron chi connectivity index (χ0n) is 31.5. The van der Waals surface area contributed by atoms with E-state index in [0.717, 1.165) is 30.5 Å². The minimum atomic E-state index is -4.28. The van der Waals surface area contributed by atoms with E-state index in [-0.39, 0.29) is 55.3 Å². The van der Waals surface area contributed by atoms with Gasteiger partial charge in [-0.15, -0.1) is 6.58 Å². The van der Waals surface area contributed by atoms with Gasteiger partial charge >= 0.3 is 12.2 Å². The smallest absolute Gasteiger partial charge is 0.410 e. The summed E-state index contributed by atoms with van der Waals surface area (Å²) in [7, 11) is -4.28. The molecule has 15 nitrogen and oxygen atoms in total. The van der Waals surface area contributed by atoms with Crippen LogP contribution in [0.2, 0.25) is 0 Å². The molecule has 5 atom stereocenters. The van der Waals surface area contributed by atoms with Gasteiger partial charge in [0.1, 0.15) is 23.7 Å². The van der Waals surface area contributed by atoms with Crippen LogP contribution in [0.15, 0.2) is 66.2 Å². The van der Waals surface area contributed by atoms with Gasteiger partial charge in [-0.1, -0.05) is 70.4 Å². The van der Waals surface area contributed by atoms with Crippen LogP contribution in [0.5, 0.6) is 0 Å². The maximum atomic E-state index is 14.7. The van der Waals surface area contributed by atoms with Gasteiger partial charge in [0.15, 0.2) is 0 Å². The maximum absolute atomic E-state index is 14.7. The van der Waals surface area contributed by atoms with Gasteiger partial charge in [0.25, 0.3) is 15.9 Å². The van der Waals surface area contributed by atoms with Gasteiger partial charge in [-0.2, -0.15) is 0 Å². The predicted molar refractivity (Wildman–Crippen MR) is 199 cm³/mol. The largest absolute Gasteiger partial charge is 0.449 e. The number of benzene rings is 1. The lowest BCUT2D eigenvalue weighted by molar-refractivity contribution is -0.142. The normalized spacial score (nSPS) is 24.2. The second-order valence-corrected chi connectivity index (χ2v) is 17.8. The monoisotopic (exact) mass is 778 g/mol. The molecule has 0 radical (unpaired) electrons. The van der Waals surface area contributed by atoms with Gasteiger partial charge in [-0.05, 0) is 54.4 Å². The van der Waals surface area contributed by atoms with Gasteiger partial charge in [-0.25, -0.2) is 22.7 Å². The Morgan fingerprint density at radius 1 is 1.04 bits per heavy atom. The van der Waals surface area contributed by atoms with Crippen molar-refractivity contribution in [3.05, 3.63) is 72.6 Å². The Balaban J connectivity index is 1.24. The first-order chi connectivity index (χ1) is 26.1. The number of carbonyl (C=O) groups excluding carboxylic acids is 5. The minimum Gasteiger partial charge on any atom is -0.449 e. The minimum absolute atomic E-state index is 0.0763. The molecule has 4 aliphatic rings. The molecule has 6 rings (SSSR count). The van der Waals surface area contributed by atoms with Gasteiger partial charge in [0, 0.05) is 18.5 Å². The van der Waals surface area contributed by atoms with Gasteiger partial charge in [-0.3, -0.25) is 24.3 Å². The van der Waals surface area contributed by atoms with Crippen LogP contribution in [0.1, 0.15) is 77.0 Å². The van der Waals surface area contributed by atoms with Crippen molar-refractivity contribution < 1.29 is 41.9 Å². The van der Waals surface area contributed by atoms with Gasteiger partial charge in [0.2, 0.25) is 11.8 Å². The van der Waals surface area contributed by atoms with Crippen molar-refractivity contribution in [2.45, 2.75) is 107 Å². The summed E-state index contributed by atoms with van der Waals surface area (Å²) in [6.07, 6.45) is 4.82. The van der Waals surface area contributed by atoms with Gasteiger partial charge in [0.05, 0.1) is 36.8 Å². The number of aromatic nitrogens is 1. The third-order valence-electron chi connectivity index (χ3n) is 10.7. The number of sulfonamides is 1. The van der Waals surface area contributed by atoms with Crippen LogP contribution < -0.4 is 15.4 Å². The van der Waals surface area contributed by atoms with E-state index in [2.05, 4.69) is 26.9 Å². The molecule has 1 saturated heterocycles. The Morgan fingerprint density at radius 2 is 1.76 bits per heavy atom. The number of hydrogen-bond donors (Lipinski definition) is 3. The zero-order chi connectivity index (χ0) is 39.5. The second-order valence-electron chi connectivity index (χ2n) is 16.1. The number of hydrogen-bond acceptors (Lipinski definition) is 10. The molecule has 0 spiro atoms. The molecule has 0 bridgehead atoms. The average Bonchev–Trinajstić information content (AvgIpc) is 3.46. The number of pyridine rings is 1. The molecule has 3 N–H and O–H groups in total. The Labute approximate surface area is 321 Å². The molecule has 5 amide bonds. The molecular weight excluding hydrogens is 729 g/mol. The Hall–Kier alpha value is -4.99. The molecule has 3 fully saturated rings. The standard InChI is InChI=1S/C39H50N6O9S/c1-5-27-20-39(27,35(48)43-55(51,52)29-16-10-7-11-17-29)42-33(46)31-19-28(54-37(50)44-21-26-15-12-18-40-30(26)23-44)22-45(31)34(47)32(25-13-8-6-9-14-25)41-36(49)53-24-38(2,3)4/h5,7,10-12,15-18,25,27-28,31-32H,1,6,8-9,13-14,19-24H2,2-4H3,(H,41,49)(H,42,46)(H,43,48)/t27-,28?,31+,32+,39-/m1/s1.